The van der Waals surface area contributed by atoms with Gasteiger partial charge in [-0.25, -0.2) is 72.7 Å². The predicted octanol–water partition coefficient (Wildman–Crippen LogP) is 9.04. The van der Waals surface area contributed by atoms with Gasteiger partial charge in [0.25, 0.3) is 0 Å². The molecule has 10 aromatic heterocycles. The molecule has 0 spiro atoms. The maximum absolute atomic E-state index is 14.4. The number of nitrogens with zero attached hydrogens (tertiary/aromatic N) is 20. The third-order valence-electron chi connectivity index (χ3n) is 17.6. The summed E-state index contributed by atoms with van der Waals surface area (Å²) in [6.07, 6.45) is 6.87. The molecule has 0 aliphatic carbocycles. The molecule has 0 unspecified atom stereocenters. The fourth-order valence-corrected chi connectivity index (χ4v) is 12.4. The number of aromatic nitrogens is 20. The molecule has 39 heteroatoms. The molecule has 0 bridgehead atoms. The second kappa shape index (κ2) is 33.3. The number of anilines is 9. The highest BCUT2D eigenvalue weighted by atomic mass is 32.2. The van der Waals surface area contributed by atoms with Crippen LogP contribution in [0.2, 0.25) is 0 Å². The normalized spacial score (nSPS) is 10.9. The second-order valence-corrected chi connectivity index (χ2v) is 26.5. The molecule has 5 aromatic carbocycles. The minimum Gasteiger partial charge on any atom is -0.383 e. The Morgan fingerprint density at radius 1 is 0.469 bits per heavy atom. The standard InChI is InChI=1S/C16H17FN6O.C15H15N7.C15H17N7.C14H13FN6O.C14H16N8S/c1-8(2)16(24)21-11-5-4-9(6-10(11)17)13-12-14(18)19-7-20-15(12)23(3)22-13;1-8-10-5-4-9(6-11(10)19-21(8)2)13-12-14(16)17-7-18-15(12)22(3)20-13;1-8-10-5-4-9(6-11(10)22(3)21-8)13(16)12-14(17)19-7-20-15(12)18-2;1-7(22)19-10-4-3-8(5-9(10)15)12-11-13(16)17-6-18-14(11)21(2)20-12;1-20-13-9(11(16)21-6-22-13)10(15)7-2-4-8(5-3-7)12(17)23-14(18)19/h4-8H,1-3H3,(H,21,24)(H2,18,19,20);4-7H,1-3H3,(H2,16,17,18);4-7,16H,1-3H3,(H3,17,18,19,20);3-6H,1-2H3,(H,19,22)(H2,16,17,18);2-6,15,17H,1H3,(H3,18,19)(H3,16,20,21,22). The van der Waals surface area contributed by atoms with Crippen LogP contribution in [0.25, 0.3) is 88.7 Å². The highest BCUT2D eigenvalue weighted by molar-refractivity contribution is 8.26. The van der Waals surface area contributed by atoms with Gasteiger partial charge in [-0.05, 0) is 62.0 Å². The number of rotatable bonds is 13. The number of amides is 2. The number of carbonyl (C=O) groups is 2. The molecular formula is C74H78F2N34O2S. The van der Waals surface area contributed by atoms with Crippen LogP contribution in [-0.4, -0.2) is 146 Å². The summed E-state index contributed by atoms with van der Waals surface area (Å²) in [5, 5.41) is 69.0. The zero-order valence-corrected chi connectivity index (χ0v) is 63.9. The Labute approximate surface area is 646 Å². The number of fused-ring (bicyclic) bond motifs is 5. The summed E-state index contributed by atoms with van der Waals surface area (Å²) in [7, 11) is 12.6. The number of nitrogens with one attached hydrogen (secondary N) is 8. The van der Waals surface area contributed by atoms with Gasteiger partial charge in [0, 0.05) is 112 Å². The van der Waals surface area contributed by atoms with Crippen molar-refractivity contribution in [2.75, 3.05) is 64.0 Å². The maximum atomic E-state index is 14.4. The number of aryl methyl sites for hydroxylation is 7. The van der Waals surface area contributed by atoms with Crippen LogP contribution in [0.5, 0.6) is 0 Å². The van der Waals surface area contributed by atoms with E-state index in [-0.39, 0.29) is 74.0 Å². The van der Waals surface area contributed by atoms with Gasteiger partial charge in [0.2, 0.25) is 11.8 Å². The third-order valence-corrected chi connectivity index (χ3v) is 18.3. The van der Waals surface area contributed by atoms with Crippen molar-refractivity contribution in [2.45, 2.75) is 34.6 Å². The van der Waals surface area contributed by atoms with E-state index in [2.05, 4.69) is 110 Å². The van der Waals surface area contributed by atoms with E-state index in [9.17, 15) is 18.4 Å². The molecule has 0 aliphatic heterocycles. The Hall–Kier alpha value is -14.9. The van der Waals surface area contributed by atoms with E-state index in [1.54, 1.807) is 92.5 Å². The van der Waals surface area contributed by atoms with Crippen LogP contribution >= 0.6 is 11.8 Å². The molecule has 576 valence electrons. The minimum atomic E-state index is -0.554. The van der Waals surface area contributed by atoms with Crippen LogP contribution in [-0.2, 0) is 44.8 Å². The monoisotopic (exact) mass is 1540 g/mol. The fraction of sp³-hybridized carbons (Fsp3) is 0.176. The van der Waals surface area contributed by atoms with Gasteiger partial charge in [0.1, 0.15) is 106 Å². The van der Waals surface area contributed by atoms with Gasteiger partial charge in [0.05, 0.1) is 66.8 Å². The Kier molecular flexibility index (Phi) is 23.3. The first-order valence-corrected chi connectivity index (χ1v) is 35.0. The Morgan fingerprint density at radius 2 is 0.876 bits per heavy atom. The van der Waals surface area contributed by atoms with Gasteiger partial charge >= 0.3 is 0 Å². The maximum Gasteiger partial charge on any atom is 0.227 e. The first-order valence-electron chi connectivity index (χ1n) is 34.2. The highest BCUT2D eigenvalue weighted by Crippen LogP contribution is 2.36. The van der Waals surface area contributed by atoms with Crippen LogP contribution in [0.15, 0.2) is 129 Å². The van der Waals surface area contributed by atoms with Gasteiger partial charge in [-0.2, -0.15) is 25.5 Å². The van der Waals surface area contributed by atoms with Gasteiger partial charge in [0.15, 0.2) is 22.1 Å². The number of halogens is 2. The summed E-state index contributed by atoms with van der Waals surface area (Å²) < 4.78 is 37.0. The summed E-state index contributed by atoms with van der Waals surface area (Å²) in [6.45, 7) is 8.82. The van der Waals surface area contributed by atoms with Crippen LogP contribution in [0.1, 0.15) is 60.0 Å². The largest absolute Gasteiger partial charge is 0.383 e. The van der Waals surface area contributed by atoms with Gasteiger partial charge in [-0.15, -0.1) is 0 Å². The minimum absolute atomic E-state index is 0.112. The summed E-state index contributed by atoms with van der Waals surface area (Å²) in [4.78, 5) is 63.4. The van der Waals surface area contributed by atoms with E-state index >= 15 is 0 Å². The van der Waals surface area contributed by atoms with E-state index in [1.165, 1.54) is 62.8 Å². The van der Waals surface area contributed by atoms with Crippen LogP contribution in [0.3, 0.4) is 0 Å². The molecule has 20 N–H and O–H groups in total. The molecule has 0 aliphatic rings. The predicted molar refractivity (Wildman–Crippen MR) is 437 cm³/mol. The lowest BCUT2D eigenvalue weighted by Crippen LogP contribution is -2.18. The zero-order chi connectivity index (χ0) is 81.5. The number of carbonyl (C=O) groups excluding carboxylic acids is 2. The van der Waals surface area contributed by atoms with E-state index in [4.69, 9.17) is 56.0 Å². The average molecular weight is 1550 g/mol. The molecule has 10 heterocycles. The van der Waals surface area contributed by atoms with Crippen molar-refractivity contribution in [3.05, 3.63) is 180 Å². The van der Waals surface area contributed by atoms with Crippen LogP contribution in [0, 0.1) is 53.0 Å². The van der Waals surface area contributed by atoms with Gasteiger partial charge < -0.3 is 55.7 Å². The van der Waals surface area contributed by atoms with Crippen LogP contribution in [0.4, 0.5) is 60.9 Å². The van der Waals surface area contributed by atoms with Gasteiger partial charge in [-0.3, -0.25) is 40.6 Å². The number of amidine groups is 1. The molecule has 113 heavy (non-hydrogen) atoms. The molecule has 36 nitrogen and oxygen atoms in total. The number of nitrogens with two attached hydrogens (primary N) is 6. The van der Waals surface area contributed by atoms with Crippen molar-refractivity contribution in [1.82, 2.24) is 98.7 Å². The van der Waals surface area contributed by atoms with E-state index in [0.717, 1.165) is 72.8 Å². The molecule has 15 rings (SSSR count). The first-order chi connectivity index (χ1) is 53.9. The molecule has 0 fully saturated rings. The smallest absolute Gasteiger partial charge is 0.227 e. The van der Waals surface area contributed by atoms with Crippen molar-refractivity contribution in [3.8, 4) is 33.8 Å². The summed E-state index contributed by atoms with van der Waals surface area (Å²) >= 11 is 0.867. The lowest BCUT2D eigenvalue weighted by atomic mass is 10.0. The summed E-state index contributed by atoms with van der Waals surface area (Å²) in [5.41, 5.74) is 48.1. The molecule has 0 atom stereocenters. The van der Waals surface area contributed by atoms with Crippen molar-refractivity contribution in [1.29, 1.82) is 21.6 Å². The van der Waals surface area contributed by atoms with Crippen molar-refractivity contribution < 1.29 is 18.4 Å². The SMILES string of the molecule is CC(=O)Nc1ccc(-c2nn(C)c3ncnc(N)c23)cc1F.CC(C)C(=O)Nc1ccc(-c2nn(C)c3ncnc(N)c23)cc1F.CNc1ncnc(N)c1C(=N)c1ccc(C(=N)SC(=N)N)cc1.CNc1ncnc(N)c1C(=N)c1ccc2c(C)nn(C)c2c1.Cc1c2ccc(-c3nn(C)c4ncnc(N)c34)cc2nn1C. The zero-order valence-electron chi connectivity index (χ0n) is 63.1. The molecule has 0 radical (unpaired) electrons. The van der Waals surface area contributed by atoms with Crippen molar-refractivity contribution >= 4 is 152 Å². The molecular weight excluding hydrogens is 1470 g/mol. The fourth-order valence-electron chi connectivity index (χ4n) is 11.9. The lowest BCUT2D eigenvalue weighted by Gasteiger charge is -2.11. The van der Waals surface area contributed by atoms with E-state index in [0.29, 0.717) is 84.3 Å². The number of hydrogen-bond donors (Lipinski definition) is 14. The number of hydrogen-bond acceptors (Lipinski definition) is 29. The second-order valence-electron chi connectivity index (χ2n) is 25.5. The first kappa shape index (κ1) is 79.1. The topological polar surface area (TPSA) is 552 Å². The van der Waals surface area contributed by atoms with Crippen molar-refractivity contribution in [2.24, 2.45) is 46.9 Å². The number of nitrogen functional groups attached to an aromatic ring is 5. The number of thioether (sulfide) groups is 1. The highest BCUT2D eigenvalue weighted by Gasteiger charge is 2.23. The van der Waals surface area contributed by atoms with Gasteiger partial charge in [-0.1, -0.05) is 74.5 Å². The average Bonchev–Trinajstić information content (AvgIpc) is 1.43. The summed E-state index contributed by atoms with van der Waals surface area (Å²) in [6, 6.07) is 27.6. The third kappa shape index (κ3) is 16.7. The molecule has 2 amide bonds. The Bertz CT molecular complexity index is 6240. The summed E-state index contributed by atoms with van der Waals surface area (Å²) in [5.74, 6) is 0.591. The molecule has 0 saturated carbocycles. The van der Waals surface area contributed by atoms with Crippen molar-refractivity contribution in [3.63, 3.8) is 0 Å². The number of benzene rings is 5. The molecule has 15 aromatic rings. The quantitative estimate of drug-likeness (QED) is 0.0378. The van der Waals surface area contributed by atoms with E-state index in [1.807, 2.05) is 67.8 Å². The molecule has 0 saturated heterocycles. The lowest BCUT2D eigenvalue weighted by molar-refractivity contribution is -0.119. The Morgan fingerprint density at radius 3 is 1.32 bits per heavy atom. The Balaban J connectivity index is 0.000000140. The van der Waals surface area contributed by atoms with Crippen LogP contribution < -0.4 is 55.7 Å². The van der Waals surface area contributed by atoms with E-state index < -0.39 is 11.6 Å².